The number of hydrogen-bond donors (Lipinski definition) is 1. The SMILES string of the molecule is Cc1cccc(CNC(C)c2cncc(F)c2)n1. The van der Waals surface area contributed by atoms with Gasteiger partial charge in [0.15, 0.2) is 0 Å². The smallest absolute Gasteiger partial charge is 0.141 e. The molecule has 1 unspecified atom stereocenters. The number of nitrogens with zero attached hydrogens (tertiary/aromatic N) is 2. The molecule has 2 heterocycles. The van der Waals surface area contributed by atoms with Gasteiger partial charge < -0.3 is 5.32 Å². The van der Waals surface area contributed by atoms with E-state index in [1.807, 2.05) is 32.0 Å². The Bertz CT molecular complexity index is 528. The van der Waals surface area contributed by atoms with Gasteiger partial charge in [0, 0.05) is 24.5 Å². The number of rotatable bonds is 4. The van der Waals surface area contributed by atoms with Gasteiger partial charge in [0.1, 0.15) is 5.82 Å². The summed E-state index contributed by atoms with van der Waals surface area (Å²) in [4.78, 5) is 8.25. The van der Waals surface area contributed by atoms with Crippen LogP contribution in [0.15, 0.2) is 36.7 Å². The highest BCUT2D eigenvalue weighted by molar-refractivity contribution is 5.15. The van der Waals surface area contributed by atoms with Crippen LogP contribution < -0.4 is 5.32 Å². The molecule has 0 aromatic carbocycles. The van der Waals surface area contributed by atoms with Gasteiger partial charge in [-0.25, -0.2) is 4.39 Å². The number of aromatic nitrogens is 2. The van der Waals surface area contributed by atoms with Crippen LogP contribution in [0, 0.1) is 12.7 Å². The second-order valence-electron chi connectivity index (χ2n) is 4.31. The molecule has 94 valence electrons. The molecule has 0 aliphatic heterocycles. The van der Waals surface area contributed by atoms with Crippen LogP contribution in [-0.2, 0) is 6.54 Å². The van der Waals surface area contributed by atoms with Gasteiger partial charge in [-0.1, -0.05) is 6.07 Å². The second kappa shape index (κ2) is 5.69. The Kier molecular flexibility index (Phi) is 3.99. The van der Waals surface area contributed by atoms with Crippen LogP contribution >= 0.6 is 0 Å². The zero-order chi connectivity index (χ0) is 13.0. The molecule has 0 radical (unpaired) electrons. The van der Waals surface area contributed by atoms with Crippen molar-refractivity contribution in [2.24, 2.45) is 0 Å². The molecule has 2 aromatic heterocycles. The van der Waals surface area contributed by atoms with Gasteiger partial charge in [-0.15, -0.1) is 0 Å². The van der Waals surface area contributed by atoms with Gasteiger partial charge in [0.2, 0.25) is 0 Å². The van der Waals surface area contributed by atoms with Crippen molar-refractivity contribution in [3.63, 3.8) is 0 Å². The Morgan fingerprint density at radius 2 is 2.17 bits per heavy atom. The van der Waals surface area contributed by atoms with Gasteiger partial charge in [0.05, 0.1) is 11.9 Å². The molecule has 1 atom stereocenters. The molecular formula is C14H16FN3. The highest BCUT2D eigenvalue weighted by atomic mass is 19.1. The molecule has 0 aliphatic carbocycles. The Balaban J connectivity index is 1.98. The van der Waals surface area contributed by atoms with E-state index in [4.69, 9.17) is 0 Å². The van der Waals surface area contributed by atoms with Crippen LogP contribution in [0.5, 0.6) is 0 Å². The Morgan fingerprint density at radius 1 is 1.33 bits per heavy atom. The molecule has 3 nitrogen and oxygen atoms in total. The average Bonchev–Trinajstić information content (AvgIpc) is 2.36. The van der Waals surface area contributed by atoms with E-state index >= 15 is 0 Å². The summed E-state index contributed by atoms with van der Waals surface area (Å²) in [5.74, 6) is -0.310. The van der Waals surface area contributed by atoms with Crippen molar-refractivity contribution in [1.82, 2.24) is 15.3 Å². The van der Waals surface area contributed by atoms with E-state index in [0.29, 0.717) is 6.54 Å². The topological polar surface area (TPSA) is 37.8 Å². The molecule has 0 saturated heterocycles. The Morgan fingerprint density at radius 3 is 2.89 bits per heavy atom. The van der Waals surface area contributed by atoms with Crippen LogP contribution in [0.25, 0.3) is 0 Å². The summed E-state index contributed by atoms with van der Waals surface area (Å²) in [5, 5.41) is 3.30. The Labute approximate surface area is 106 Å². The first-order chi connectivity index (χ1) is 8.65. The summed E-state index contributed by atoms with van der Waals surface area (Å²) < 4.78 is 13.0. The third kappa shape index (κ3) is 3.34. The maximum atomic E-state index is 13.0. The van der Waals surface area contributed by atoms with Gasteiger partial charge >= 0.3 is 0 Å². The molecule has 1 N–H and O–H groups in total. The molecule has 4 heteroatoms. The highest BCUT2D eigenvalue weighted by Crippen LogP contribution is 2.12. The molecule has 0 bridgehead atoms. The monoisotopic (exact) mass is 245 g/mol. The molecule has 0 fully saturated rings. The lowest BCUT2D eigenvalue weighted by atomic mass is 10.1. The normalized spacial score (nSPS) is 12.4. The van der Waals surface area contributed by atoms with E-state index in [2.05, 4.69) is 15.3 Å². The molecule has 2 rings (SSSR count). The molecule has 0 aliphatic rings. The third-order valence-corrected chi connectivity index (χ3v) is 2.76. The summed E-state index contributed by atoms with van der Waals surface area (Å²) in [7, 11) is 0. The van der Waals surface area contributed by atoms with Crippen LogP contribution in [0.1, 0.15) is 29.9 Å². The van der Waals surface area contributed by atoms with E-state index in [9.17, 15) is 4.39 Å². The van der Waals surface area contributed by atoms with Gasteiger partial charge in [-0.05, 0) is 37.6 Å². The van der Waals surface area contributed by atoms with E-state index < -0.39 is 0 Å². The second-order valence-corrected chi connectivity index (χ2v) is 4.31. The van der Waals surface area contributed by atoms with Crippen LogP contribution in [-0.4, -0.2) is 9.97 Å². The fourth-order valence-electron chi connectivity index (χ4n) is 1.74. The quantitative estimate of drug-likeness (QED) is 0.900. The predicted molar refractivity (Wildman–Crippen MR) is 68.4 cm³/mol. The summed E-state index contributed by atoms with van der Waals surface area (Å²) in [6.45, 7) is 4.59. The third-order valence-electron chi connectivity index (χ3n) is 2.76. The van der Waals surface area contributed by atoms with E-state index in [-0.39, 0.29) is 11.9 Å². The van der Waals surface area contributed by atoms with Crippen LogP contribution in [0.3, 0.4) is 0 Å². The number of pyridine rings is 2. The molecule has 2 aromatic rings. The summed E-state index contributed by atoms with van der Waals surface area (Å²) in [6.07, 6.45) is 2.88. The molecule has 0 amide bonds. The first-order valence-electron chi connectivity index (χ1n) is 5.91. The first-order valence-corrected chi connectivity index (χ1v) is 5.91. The van der Waals surface area contributed by atoms with Crippen LogP contribution in [0.2, 0.25) is 0 Å². The van der Waals surface area contributed by atoms with Crippen molar-refractivity contribution in [3.05, 3.63) is 59.4 Å². The van der Waals surface area contributed by atoms with Crippen LogP contribution in [0.4, 0.5) is 4.39 Å². The zero-order valence-electron chi connectivity index (χ0n) is 10.5. The summed E-state index contributed by atoms with van der Waals surface area (Å²) in [6, 6.07) is 7.44. The minimum atomic E-state index is -0.310. The van der Waals surface area contributed by atoms with Crippen molar-refractivity contribution < 1.29 is 4.39 Å². The van der Waals surface area contributed by atoms with Crippen molar-refractivity contribution >= 4 is 0 Å². The largest absolute Gasteiger partial charge is 0.305 e. The van der Waals surface area contributed by atoms with Crippen molar-refractivity contribution in [2.75, 3.05) is 0 Å². The summed E-state index contributed by atoms with van der Waals surface area (Å²) >= 11 is 0. The molecular weight excluding hydrogens is 229 g/mol. The average molecular weight is 245 g/mol. The maximum absolute atomic E-state index is 13.0. The number of aryl methyl sites for hydroxylation is 1. The number of hydrogen-bond acceptors (Lipinski definition) is 3. The fraction of sp³-hybridized carbons (Fsp3) is 0.286. The lowest BCUT2D eigenvalue weighted by molar-refractivity contribution is 0.555. The van der Waals surface area contributed by atoms with Gasteiger partial charge in [0.25, 0.3) is 0 Å². The van der Waals surface area contributed by atoms with E-state index in [1.54, 1.807) is 6.20 Å². The van der Waals surface area contributed by atoms with Gasteiger partial charge in [-0.2, -0.15) is 0 Å². The van der Waals surface area contributed by atoms with Gasteiger partial charge in [-0.3, -0.25) is 9.97 Å². The number of nitrogens with one attached hydrogen (secondary N) is 1. The molecule has 0 spiro atoms. The lowest BCUT2D eigenvalue weighted by Crippen LogP contribution is -2.19. The van der Waals surface area contributed by atoms with E-state index in [1.165, 1.54) is 12.3 Å². The highest BCUT2D eigenvalue weighted by Gasteiger charge is 2.06. The van der Waals surface area contributed by atoms with Crippen molar-refractivity contribution in [1.29, 1.82) is 0 Å². The van der Waals surface area contributed by atoms with Crippen molar-refractivity contribution in [2.45, 2.75) is 26.4 Å². The molecule has 0 saturated carbocycles. The minimum absolute atomic E-state index is 0.0375. The summed E-state index contributed by atoms with van der Waals surface area (Å²) in [5.41, 5.74) is 2.81. The minimum Gasteiger partial charge on any atom is -0.305 e. The zero-order valence-corrected chi connectivity index (χ0v) is 10.5. The Hall–Kier alpha value is -1.81. The first kappa shape index (κ1) is 12.6. The van der Waals surface area contributed by atoms with E-state index in [0.717, 1.165) is 17.0 Å². The standard InChI is InChI=1S/C14H16FN3/c1-10-4-3-5-14(18-10)9-17-11(2)12-6-13(15)8-16-7-12/h3-8,11,17H,9H2,1-2H3. The fourth-order valence-corrected chi connectivity index (χ4v) is 1.74. The number of halogens is 1. The lowest BCUT2D eigenvalue weighted by Gasteiger charge is -2.13. The maximum Gasteiger partial charge on any atom is 0.141 e. The van der Waals surface area contributed by atoms with Crippen molar-refractivity contribution in [3.8, 4) is 0 Å². The molecule has 18 heavy (non-hydrogen) atoms. The predicted octanol–water partition coefficient (Wildman–Crippen LogP) is 2.77.